The van der Waals surface area contributed by atoms with E-state index in [2.05, 4.69) is 10.00 Å². The minimum Gasteiger partial charge on any atom is -0.454 e. The van der Waals surface area contributed by atoms with Gasteiger partial charge in [0, 0.05) is 33.2 Å². The topological polar surface area (TPSA) is 69.1 Å². The highest BCUT2D eigenvalue weighted by molar-refractivity contribution is 5.79. The van der Waals surface area contributed by atoms with Crippen molar-refractivity contribution in [3.63, 3.8) is 0 Å². The average molecular weight is 400 g/mol. The van der Waals surface area contributed by atoms with Gasteiger partial charge in [-0.1, -0.05) is 6.07 Å². The van der Waals surface area contributed by atoms with Crippen LogP contribution in [0.1, 0.15) is 17.0 Å². The number of fused-ring (bicyclic) bond motifs is 1. The van der Waals surface area contributed by atoms with E-state index in [4.69, 9.17) is 14.2 Å². The van der Waals surface area contributed by atoms with Gasteiger partial charge in [-0.05, 0) is 30.7 Å². The van der Waals surface area contributed by atoms with Gasteiger partial charge in [-0.25, -0.2) is 0 Å². The maximum atomic E-state index is 13.2. The van der Waals surface area contributed by atoms with Gasteiger partial charge < -0.3 is 19.1 Å². The first-order chi connectivity index (χ1) is 14.1. The fourth-order valence-electron chi connectivity index (χ4n) is 3.72. The van der Waals surface area contributed by atoms with Crippen LogP contribution >= 0.6 is 0 Å². The molecule has 0 N–H and O–H groups in total. The second-order valence-electron chi connectivity index (χ2n) is 7.53. The summed E-state index contributed by atoms with van der Waals surface area (Å²) >= 11 is 0. The lowest BCUT2D eigenvalue weighted by Crippen LogP contribution is -2.43. The van der Waals surface area contributed by atoms with Crippen molar-refractivity contribution in [1.29, 1.82) is 0 Å². The molecule has 156 valence electrons. The minimum absolute atomic E-state index is 0.0935. The molecule has 4 rings (SSSR count). The van der Waals surface area contributed by atoms with Crippen LogP contribution in [0.3, 0.4) is 0 Å². The Morgan fingerprint density at radius 3 is 2.72 bits per heavy atom. The normalized spacial score (nSPS) is 16.2. The summed E-state index contributed by atoms with van der Waals surface area (Å²) in [6, 6.07) is 7.73. The Morgan fingerprint density at radius 1 is 1.17 bits per heavy atom. The lowest BCUT2D eigenvalue weighted by atomic mass is 10.1. The number of nitrogens with zero attached hydrogens (tertiary/aromatic N) is 4. The Hall–Kier alpha value is -2.58. The number of ether oxygens (including phenoxy) is 3. The monoisotopic (exact) mass is 400 g/mol. The van der Waals surface area contributed by atoms with Crippen LogP contribution in [0.5, 0.6) is 11.5 Å². The SMILES string of the molecule is Cc1cc(CN(CCN2CCOCC2)C(=O)Cc2ccc3c(c2)OCO3)n(C)n1. The third-order valence-electron chi connectivity index (χ3n) is 5.39. The Labute approximate surface area is 170 Å². The summed E-state index contributed by atoms with van der Waals surface area (Å²) in [6.07, 6.45) is 0.330. The molecule has 0 radical (unpaired) electrons. The van der Waals surface area contributed by atoms with E-state index < -0.39 is 0 Å². The van der Waals surface area contributed by atoms with Crippen LogP contribution in [0.25, 0.3) is 0 Å². The third-order valence-corrected chi connectivity index (χ3v) is 5.39. The van der Waals surface area contributed by atoms with E-state index in [1.54, 1.807) is 0 Å². The van der Waals surface area contributed by atoms with Crippen LogP contribution in [0, 0.1) is 6.92 Å². The van der Waals surface area contributed by atoms with Gasteiger partial charge in [-0.2, -0.15) is 5.10 Å². The minimum atomic E-state index is 0.0935. The summed E-state index contributed by atoms with van der Waals surface area (Å²) in [5.74, 6) is 1.53. The van der Waals surface area contributed by atoms with Gasteiger partial charge in [0.2, 0.25) is 12.7 Å². The van der Waals surface area contributed by atoms with Crippen molar-refractivity contribution in [3.05, 3.63) is 41.2 Å². The van der Waals surface area contributed by atoms with E-state index in [0.29, 0.717) is 25.3 Å². The Kier molecular flexibility index (Phi) is 6.01. The van der Waals surface area contributed by atoms with Crippen molar-refractivity contribution in [3.8, 4) is 11.5 Å². The number of benzene rings is 1. The highest BCUT2D eigenvalue weighted by Crippen LogP contribution is 2.32. The van der Waals surface area contributed by atoms with Crippen LogP contribution in [0.4, 0.5) is 0 Å². The van der Waals surface area contributed by atoms with E-state index in [1.165, 1.54) is 0 Å². The molecule has 8 heteroatoms. The Morgan fingerprint density at radius 2 is 1.97 bits per heavy atom. The van der Waals surface area contributed by atoms with E-state index in [-0.39, 0.29) is 12.7 Å². The molecule has 1 aromatic carbocycles. The van der Waals surface area contributed by atoms with E-state index in [0.717, 1.165) is 55.5 Å². The Balaban J connectivity index is 1.45. The molecule has 3 heterocycles. The van der Waals surface area contributed by atoms with Crippen molar-refractivity contribution < 1.29 is 19.0 Å². The summed E-state index contributed by atoms with van der Waals surface area (Å²) < 4.78 is 18.1. The lowest BCUT2D eigenvalue weighted by molar-refractivity contribution is -0.131. The fraction of sp³-hybridized carbons (Fsp3) is 0.524. The van der Waals surface area contributed by atoms with Gasteiger partial charge in [0.05, 0.1) is 37.6 Å². The predicted molar refractivity (Wildman–Crippen MR) is 107 cm³/mol. The zero-order valence-electron chi connectivity index (χ0n) is 17.1. The fourth-order valence-corrected chi connectivity index (χ4v) is 3.72. The first-order valence-electron chi connectivity index (χ1n) is 10.0. The predicted octanol–water partition coefficient (Wildman–Crippen LogP) is 1.36. The number of amides is 1. The summed E-state index contributed by atoms with van der Waals surface area (Å²) in [5, 5.41) is 4.42. The summed E-state index contributed by atoms with van der Waals surface area (Å²) in [6.45, 7) is 7.60. The zero-order valence-corrected chi connectivity index (χ0v) is 17.1. The van der Waals surface area contributed by atoms with Crippen LogP contribution in [-0.2, 0) is 29.5 Å². The molecule has 0 spiro atoms. The van der Waals surface area contributed by atoms with E-state index in [1.807, 2.05) is 47.8 Å². The first kappa shape index (κ1) is 19.7. The standard InChI is InChI=1S/C21H28N4O4/c1-16-11-18(23(2)22-16)14-25(6-5-24-7-9-27-10-8-24)21(26)13-17-3-4-19-20(12-17)29-15-28-19/h3-4,11-12H,5-10,13-15H2,1-2H3. The number of hydrogen-bond donors (Lipinski definition) is 0. The smallest absolute Gasteiger partial charge is 0.231 e. The molecule has 8 nitrogen and oxygen atoms in total. The van der Waals surface area contributed by atoms with Crippen LogP contribution in [0.15, 0.2) is 24.3 Å². The van der Waals surface area contributed by atoms with E-state index in [9.17, 15) is 4.79 Å². The number of hydrogen-bond acceptors (Lipinski definition) is 6. The van der Waals surface area contributed by atoms with Crippen molar-refractivity contribution in [2.75, 3.05) is 46.2 Å². The molecule has 0 saturated carbocycles. The lowest BCUT2D eigenvalue weighted by Gasteiger charge is -2.30. The highest BCUT2D eigenvalue weighted by atomic mass is 16.7. The molecular weight excluding hydrogens is 372 g/mol. The van der Waals surface area contributed by atoms with Gasteiger partial charge >= 0.3 is 0 Å². The molecule has 29 heavy (non-hydrogen) atoms. The summed E-state index contributed by atoms with van der Waals surface area (Å²) in [5.41, 5.74) is 2.92. The van der Waals surface area contributed by atoms with Crippen LogP contribution < -0.4 is 9.47 Å². The molecule has 1 saturated heterocycles. The number of aromatic nitrogens is 2. The molecule has 0 bridgehead atoms. The van der Waals surface area contributed by atoms with Gasteiger partial charge in [0.1, 0.15) is 0 Å². The number of carbonyl (C=O) groups is 1. The second kappa shape index (κ2) is 8.84. The van der Waals surface area contributed by atoms with Crippen LogP contribution in [0.2, 0.25) is 0 Å². The van der Waals surface area contributed by atoms with Gasteiger partial charge in [0.15, 0.2) is 11.5 Å². The molecule has 0 unspecified atom stereocenters. The molecule has 1 fully saturated rings. The van der Waals surface area contributed by atoms with Gasteiger partial charge in [0.25, 0.3) is 0 Å². The second-order valence-corrected chi connectivity index (χ2v) is 7.53. The number of rotatable bonds is 7. The molecule has 0 aliphatic carbocycles. The molecule has 0 atom stereocenters. The van der Waals surface area contributed by atoms with Crippen molar-refractivity contribution in [2.24, 2.45) is 7.05 Å². The van der Waals surface area contributed by atoms with E-state index >= 15 is 0 Å². The maximum absolute atomic E-state index is 13.2. The van der Waals surface area contributed by atoms with Gasteiger partial charge in [-0.3, -0.25) is 14.4 Å². The average Bonchev–Trinajstić information content (AvgIpc) is 3.30. The molecule has 1 aromatic heterocycles. The van der Waals surface area contributed by atoms with Crippen molar-refractivity contribution in [1.82, 2.24) is 19.6 Å². The van der Waals surface area contributed by atoms with Crippen molar-refractivity contribution >= 4 is 5.91 Å². The zero-order chi connectivity index (χ0) is 20.2. The first-order valence-corrected chi connectivity index (χ1v) is 10.0. The quantitative estimate of drug-likeness (QED) is 0.699. The largest absolute Gasteiger partial charge is 0.454 e. The molecular formula is C21H28N4O4. The van der Waals surface area contributed by atoms with Crippen molar-refractivity contribution in [2.45, 2.75) is 19.9 Å². The number of carbonyl (C=O) groups excluding carboxylic acids is 1. The number of morpholine rings is 1. The molecule has 2 aliphatic heterocycles. The molecule has 2 aliphatic rings. The highest BCUT2D eigenvalue weighted by Gasteiger charge is 2.20. The molecule has 1 amide bonds. The Bertz CT molecular complexity index is 860. The number of aryl methyl sites for hydroxylation is 2. The third kappa shape index (κ3) is 4.89. The van der Waals surface area contributed by atoms with Crippen LogP contribution in [-0.4, -0.2) is 71.7 Å². The summed E-state index contributed by atoms with van der Waals surface area (Å²) in [7, 11) is 1.92. The molecule has 2 aromatic rings. The summed E-state index contributed by atoms with van der Waals surface area (Å²) in [4.78, 5) is 17.5. The maximum Gasteiger partial charge on any atom is 0.231 e. The van der Waals surface area contributed by atoms with Gasteiger partial charge in [-0.15, -0.1) is 0 Å².